The smallest absolute Gasteiger partial charge is 0.116 e. The van der Waals surface area contributed by atoms with E-state index >= 15 is 0 Å². The van der Waals surface area contributed by atoms with Crippen molar-refractivity contribution in [3.8, 4) is 33.6 Å². The van der Waals surface area contributed by atoms with E-state index in [1.807, 2.05) is 12.4 Å². The molecule has 0 saturated carbocycles. The first-order chi connectivity index (χ1) is 17.8. The van der Waals surface area contributed by atoms with Crippen LogP contribution in [0.2, 0.25) is 0 Å². The molecule has 2 aromatic carbocycles. The fourth-order valence-corrected chi connectivity index (χ4v) is 6.11. The second-order valence-electron chi connectivity index (χ2n) is 9.71. The Morgan fingerprint density at radius 2 is 1.78 bits per heavy atom. The minimum absolute atomic E-state index is 0.941. The van der Waals surface area contributed by atoms with Gasteiger partial charge in [0.1, 0.15) is 5.69 Å². The molecule has 0 spiro atoms. The maximum atomic E-state index is 4.71. The number of likely N-dealkylation sites (tertiary alicyclic amines) is 1. The number of piperidine rings is 1. The Morgan fingerprint density at radius 1 is 0.833 bits per heavy atom. The van der Waals surface area contributed by atoms with Crippen LogP contribution in [0.4, 0.5) is 0 Å². The van der Waals surface area contributed by atoms with Gasteiger partial charge in [-0.15, -0.1) is 0 Å². The zero-order valence-corrected chi connectivity index (χ0v) is 20.8. The number of thiophene rings is 1. The molecule has 178 valence electrons. The lowest BCUT2D eigenvalue weighted by Gasteiger charge is -2.26. The first-order valence-electron chi connectivity index (χ1n) is 12.6. The molecule has 1 fully saturated rings. The maximum absolute atomic E-state index is 4.71. The molecule has 1 aliphatic rings. The number of hydrogen-bond acceptors (Lipinski definition) is 4. The predicted molar refractivity (Wildman–Crippen MR) is 149 cm³/mol. The fourth-order valence-electron chi connectivity index (χ4n) is 5.46. The molecule has 0 amide bonds. The molecule has 7 rings (SSSR count). The number of rotatable bonds is 5. The van der Waals surface area contributed by atoms with Gasteiger partial charge in [0, 0.05) is 40.8 Å². The van der Waals surface area contributed by atoms with Crippen molar-refractivity contribution in [1.29, 1.82) is 0 Å². The summed E-state index contributed by atoms with van der Waals surface area (Å²) in [5.74, 6) is 0. The first-order valence-corrected chi connectivity index (χ1v) is 13.6. The molecular formula is C30H27N5S. The van der Waals surface area contributed by atoms with Crippen LogP contribution in [0.1, 0.15) is 24.8 Å². The van der Waals surface area contributed by atoms with Gasteiger partial charge in [-0.05, 0) is 95.3 Å². The summed E-state index contributed by atoms with van der Waals surface area (Å²) in [6, 6.07) is 19.6. The van der Waals surface area contributed by atoms with Crippen molar-refractivity contribution in [2.24, 2.45) is 0 Å². The average molecular weight is 490 g/mol. The van der Waals surface area contributed by atoms with Crippen molar-refractivity contribution in [3.05, 3.63) is 83.3 Å². The monoisotopic (exact) mass is 489 g/mol. The molecular weight excluding hydrogens is 462 g/mol. The molecule has 0 unspecified atom stereocenters. The summed E-state index contributed by atoms with van der Waals surface area (Å²) in [5.41, 5.74) is 10.2. The van der Waals surface area contributed by atoms with E-state index in [2.05, 4.69) is 85.3 Å². The van der Waals surface area contributed by atoms with Crippen LogP contribution in [0, 0.1) is 0 Å². The summed E-state index contributed by atoms with van der Waals surface area (Å²) < 4.78 is 0. The SMILES string of the molecule is c1cc(-c2ccsc2)c2cc(-c3n[nH]c4ccc(-c5cncc(CN6CCCCC6)c5)cc34)[nH]c2c1. The molecule has 6 heteroatoms. The van der Waals surface area contributed by atoms with Crippen molar-refractivity contribution in [1.82, 2.24) is 25.1 Å². The molecule has 4 aromatic heterocycles. The summed E-state index contributed by atoms with van der Waals surface area (Å²) >= 11 is 1.72. The zero-order chi connectivity index (χ0) is 23.9. The van der Waals surface area contributed by atoms with E-state index in [1.165, 1.54) is 54.4 Å². The Morgan fingerprint density at radius 3 is 2.67 bits per heavy atom. The Kier molecular flexibility index (Phi) is 5.41. The number of aromatic nitrogens is 4. The van der Waals surface area contributed by atoms with Crippen LogP contribution in [-0.2, 0) is 6.54 Å². The normalized spacial score (nSPS) is 14.7. The lowest BCUT2D eigenvalue weighted by molar-refractivity contribution is 0.220. The van der Waals surface area contributed by atoms with E-state index in [4.69, 9.17) is 5.10 Å². The lowest BCUT2D eigenvalue weighted by Crippen LogP contribution is -2.29. The maximum Gasteiger partial charge on any atom is 0.116 e. The topological polar surface area (TPSA) is 60.6 Å². The summed E-state index contributed by atoms with van der Waals surface area (Å²) in [6.45, 7) is 3.35. The van der Waals surface area contributed by atoms with E-state index in [1.54, 1.807) is 11.3 Å². The molecule has 0 atom stereocenters. The van der Waals surface area contributed by atoms with Crippen molar-refractivity contribution in [2.75, 3.05) is 13.1 Å². The predicted octanol–water partition coefficient (Wildman–Crippen LogP) is 7.49. The average Bonchev–Trinajstić information content (AvgIpc) is 3.68. The van der Waals surface area contributed by atoms with Gasteiger partial charge >= 0.3 is 0 Å². The molecule has 1 aliphatic heterocycles. The summed E-state index contributed by atoms with van der Waals surface area (Å²) in [6.07, 6.45) is 7.94. The van der Waals surface area contributed by atoms with Gasteiger partial charge in [0.05, 0.1) is 11.2 Å². The summed E-state index contributed by atoms with van der Waals surface area (Å²) in [5, 5.41) is 14.6. The Bertz CT molecular complexity index is 1650. The van der Waals surface area contributed by atoms with Crippen LogP contribution in [0.5, 0.6) is 0 Å². The highest BCUT2D eigenvalue weighted by Crippen LogP contribution is 2.35. The largest absolute Gasteiger partial charge is 0.353 e. The van der Waals surface area contributed by atoms with Crippen molar-refractivity contribution >= 4 is 33.1 Å². The Labute approximate surface area is 213 Å². The molecule has 5 nitrogen and oxygen atoms in total. The highest BCUT2D eigenvalue weighted by molar-refractivity contribution is 7.08. The molecule has 6 aromatic rings. The Balaban J connectivity index is 1.26. The first kappa shape index (κ1) is 21.5. The zero-order valence-electron chi connectivity index (χ0n) is 20.0. The standard InChI is InChI=1S/C30H27N5S/c1-2-10-35(11-3-1)18-20-13-23(17-31-16-20)21-7-8-28-26(14-21)30(34-33-28)29-15-25-24(22-9-12-36-19-22)5-4-6-27(25)32-29/h4-9,12-17,19,32H,1-3,10-11,18H2,(H,33,34). The third kappa shape index (κ3) is 3.92. The third-order valence-electron chi connectivity index (χ3n) is 7.30. The van der Waals surface area contributed by atoms with Gasteiger partial charge in [-0.1, -0.05) is 24.6 Å². The highest BCUT2D eigenvalue weighted by atomic mass is 32.1. The molecule has 0 radical (unpaired) electrons. The van der Waals surface area contributed by atoms with Crippen LogP contribution in [0.3, 0.4) is 0 Å². The third-order valence-corrected chi connectivity index (χ3v) is 7.98. The summed E-state index contributed by atoms with van der Waals surface area (Å²) in [7, 11) is 0. The molecule has 36 heavy (non-hydrogen) atoms. The van der Waals surface area contributed by atoms with Gasteiger partial charge in [0.2, 0.25) is 0 Å². The van der Waals surface area contributed by atoms with Crippen LogP contribution in [0.15, 0.2) is 77.8 Å². The lowest BCUT2D eigenvalue weighted by atomic mass is 10.0. The second-order valence-corrected chi connectivity index (χ2v) is 10.5. The number of nitrogens with zero attached hydrogens (tertiary/aromatic N) is 3. The molecule has 0 bridgehead atoms. The minimum atomic E-state index is 0.941. The molecule has 1 saturated heterocycles. The number of pyridine rings is 1. The van der Waals surface area contributed by atoms with Gasteiger partial charge in [-0.3, -0.25) is 15.0 Å². The molecule has 0 aliphatic carbocycles. The minimum Gasteiger partial charge on any atom is -0.353 e. The number of fused-ring (bicyclic) bond motifs is 2. The number of benzene rings is 2. The van der Waals surface area contributed by atoms with E-state index in [0.29, 0.717) is 0 Å². The van der Waals surface area contributed by atoms with E-state index < -0.39 is 0 Å². The van der Waals surface area contributed by atoms with Gasteiger partial charge < -0.3 is 4.98 Å². The van der Waals surface area contributed by atoms with Gasteiger partial charge in [-0.2, -0.15) is 16.4 Å². The number of H-pyrrole nitrogens is 2. The van der Waals surface area contributed by atoms with Gasteiger partial charge in [0.15, 0.2) is 0 Å². The number of hydrogen-bond donors (Lipinski definition) is 2. The fraction of sp³-hybridized carbons (Fsp3) is 0.200. The second kappa shape index (κ2) is 9.04. The van der Waals surface area contributed by atoms with Crippen LogP contribution >= 0.6 is 11.3 Å². The quantitative estimate of drug-likeness (QED) is 0.264. The number of nitrogens with one attached hydrogen (secondary N) is 2. The van der Waals surface area contributed by atoms with E-state index in [0.717, 1.165) is 45.5 Å². The molecule has 2 N–H and O–H groups in total. The van der Waals surface area contributed by atoms with E-state index in [-0.39, 0.29) is 0 Å². The molecule has 5 heterocycles. The van der Waals surface area contributed by atoms with E-state index in [9.17, 15) is 0 Å². The van der Waals surface area contributed by atoms with Gasteiger partial charge in [0.25, 0.3) is 0 Å². The Hall–Kier alpha value is -3.74. The van der Waals surface area contributed by atoms with Crippen LogP contribution in [-0.4, -0.2) is 38.2 Å². The van der Waals surface area contributed by atoms with Crippen molar-refractivity contribution < 1.29 is 0 Å². The summed E-state index contributed by atoms with van der Waals surface area (Å²) in [4.78, 5) is 10.7. The van der Waals surface area contributed by atoms with Crippen molar-refractivity contribution in [3.63, 3.8) is 0 Å². The van der Waals surface area contributed by atoms with Crippen molar-refractivity contribution in [2.45, 2.75) is 25.8 Å². The van der Waals surface area contributed by atoms with Crippen LogP contribution in [0.25, 0.3) is 55.4 Å². The number of aromatic amines is 2. The van der Waals surface area contributed by atoms with Gasteiger partial charge in [-0.25, -0.2) is 0 Å². The highest BCUT2D eigenvalue weighted by Gasteiger charge is 2.15. The van der Waals surface area contributed by atoms with Crippen LogP contribution < -0.4 is 0 Å².